The second-order valence-electron chi connectivity index (χ2n) is 2.64. The average Bonchev–Trinajstić information content (AvgIpc) is 2.29. The van der Waals surface area contributed by atoms with E-state index in [2.05, 4.69) is 16.7 Å². The summed E-state index contributed by atoms with van der Waals surface area (Å²) >= 11 is 0. The van der Waals surface area contributed by atoms with Crippen LogP contribution in [0.2, 0.25) is 0 Å². The van der Waals surface area contributed by atoms with Crippen LogP contribution in [0.4, 0.5) is 5.69 Å². The third-order valence-electron chi connectivity index (χ3n) is 1.81. The number of para-hydroxylation sites is 1. The molecule has 12 heavy (non-hydrogen) atoms. The lowest BCUT2D eigenvalue weighted by Crippen LogP contribution is -2.24. The highest BCUT2D eigenvalue weighted by atomic mass is 16.1. The van der Waals surface area contributed by atoms with Crippen molar-refractivity contribution < 1.29 is 4.79 Å². The van der Waals surface area contributed by atoms with Gasteiger partial charge in [0.25, 0.3) is 5.91 Å². The van der Waals surface area contributed by atoms with Crippen molar-refractivity contribution in [3.8, 4) is 0 Å². The summed E-state index contributed by atoms with van der Waals surface area (Å²) < 4.78 is 0. The predicted octanol–water partition coefficient (Wildman–Crippen LogP) is 0.642. The number of amides is 1. The highest BCUT2D eigenvalue weighted by Crippen LogP contribution is 2.14. The Kier molecular flexibility index (Phi) is 1.70. The van der Waals surface area contributed by atoms with Gasteiger partial charge in [-0.2, -0.15) is 0 Å². The van der Waals surface area contributed by atoms with Gasteiger partial charge in [0, 0.05) is 19.2 Å². The predicted molar refractivity (Wildman–Crippen MR) is 46.1 cm³/mol. The Hall–Kier alpha value is -1.51. The molecular weight excluding hydrogens is 152 g/mol. The van der Waals surface area contributed by atoms with Crippen LogP contribution < -0.4 is 10.6 Å². The third kappa shape index (κ3) is 1.13. The van der Waals surface area contributed by atoms with Crippen molar-refractivity contribution in [2.24, 2.45) is 0 Å². The molecule has 61 valence electrons. The largest absolute Gasteiger partial charge is 0.382 e. The molecule has 0 fully saturated rings. The molecule has 3 heteroatoms. The molecule has 0 unspecified atom stereocenters. The molecule has 0 saturated heterocycles. The molecule has 0 aromatic heterocycles. The number of carbonyl (C=O) groups is 1. The first kappa shape index (κ1) is 7.16. The van der Waals surface area contributed by atoms with Crippen molar-refractivity contribution in [3.05, 3.63) is 29.8 Å². The Balaban J connectivity index is 2.46. The Bertz CT molecular complexity index is 309. The van der Waals surface area contributed by atoms with E-state index >= 15 is 0 Å². The quantitative estimate of drug-likeness (QED) is 0.586. The second kappa shape index (κ2) is 2.85. The van der Waals surface area contributed by atoms with Gasteiger partial charge in [-0.3, -0.25) is 4.79 Å². The summed E-state index contributed by atoms with van der Waals surface area (Å²) in [5, 5.41) is 5.90. The number of hydrogen-bond acceptors (Lipinski definition) is 2. The molecule has 3 nitrogen and oxygen atoms in total. The molecule has 2 rings (SSSR count). The van der Waals surface area contributed by atoms with Gasteiger partial charge in [0.1, 0.15) is 0 Å². The highest BCUT2D eigenvalue weighted by molar-refractivity contribution is 5.99. The molecular formula is C9H9N2O. The van der Waals surface area contributed by atoms with Crippen LogP contribution in [0.25, 0.3) is 0 Å². The molecule has 1 aliphatic heterocycles. The molecule has 1 amide bonds. The fourth-order valence-electron chi connectivity index (χ4n) is 1.23. The topological polar surface area (TPSA) is 41.1 Å². The maximum atomic E-state index is 11.3. The zero-order valence-corrected chi connectivity index (χ0v) is 6.55. The Morgan fingerprint density at radius 1 is 1.33 bits per heavy atom. The summed E-state index contributed by atoms with van der Waals surface area (Å²) in [5.74, 6) is -0.0214. The molecule has 0 saturated carbocycles. The number of anilines is 1. The first-order chi connectivity index (χ1) is 5.88. The lowest BCUT2D eigenvalue weighted by Gasteiger charge is -2.02. The Morgan fingerprint density at radius 2 is 2.17 bits per heavy atom. The molecule has 2 N–H and O–H groups in total. The number of rotatable bonds is 0. The zero-order valence-electron chi connectivity index (χ0n) is 6.55. The standard InChI is InChI=1S/C9H9N2O/c12-9-7-3-1-2-4-8(7)10-5-6-11-9/h1-3,10H,5-6H2,(H,11,12). The fraction of sp³-hybridized carbons (Fsp3) is 0.222. The van der Waals surface area contributed by atoms with Crippen LogP contribution in [-0.2, 0) is 0 Å². The third-order valence-corrected chi connectivity index (χ3v) is 1.81. The van der Waals surface area contributed by atoms with Crippen LogP contribution in [0.3, 0.4) is 0 Å². The van der Waals surface area contributed by atoms with E-state index in [1.807, 2.05) is 6.07 Å². The fourth-order valence-corrected chi connectivity index (χ4v) is 1.23. The van der Waals surface area contributed by atoms with Crippen molar-refractivity contribution >= 4 is 11.6 Å². The smallest absolute Gasteiger partial charge is 0.253 e. The molecule has 1 heterocycles. The van der Waals surface area contributed by atoms with E-state index in [1.54, 1.807) is 12.1 Å². The minimum atomic E-state index is -0.0214. The summed E-state index contributed by atoms with van der Waals surface area (Å²) in [6, 6.07) is 8.39. The summed E-state index contributed by atoms with van der Waals surface area (Å²) in [7, 11) is 0. The van der Waals surface area contributed by atoms with Gasteiger partial charge in [-0.15, -0.1) is 0 Å². The molecule has 0 atom stereocenters. The molecule has 0 aliphatic carbocycles. The number of benzene rings is 1. The maximum absolute atomic E-state index is 11.3. The van der Waals surface area contributed by atoms with Crippen LogP contribution in [0.1, 0.15) is 10.4 Å². The van der Waals surface area contributed by atoms with E-state index in [9.17, 15) is 4.79 Å². The summed E-state index contributed by atoms with van der Waals surface area (Å²) in [6.07, 6.45) is 0. The van der Waals surface area contributed by atoms with Gasteiger partial charge in [-0.1, -0.05) is 12.1 Å². The van der Waals surface area contributed by atoms with Gasteiger partial charge in [0.2, 0.25) is 0 Å². The van der Waals surface area contributed by atoms with E-state index < -0.39 is 0 Å². The van der Waals surface area contributed by atoms with Crippen LogP contribution in [0.5, 0.6) is 0 Å². The summed E-state index contributed by atoms with van der Waals surface area (Å²) in [5.41, 5.74) is 1.47. The normalized spacial score (nSPS) is 15.5. The lowest BCUT2D eigenvalue weighted by molar-refractivity contribution is 0.0958. The van der Waals surface area contributed by atoms with Crippen molar-refractivity contribution in [2.45, 2.75) is 0 Å². The van der Waals surface area contributed by atoms with E-state index in [-0.39, 0.29) is 5.91 Å². The van der Waals surface area contributed by atoms with E-state index in [4.69, 9.17) is 0 Å². The van der Waals surface area contributed by atoms with Gasteiger partial charge in [-0.05, 0) is 6.07 Å². The minimum absolute atomic E-state index is 0.0214. The molecule has 1 radical (unpaired) electrons. The first-order valence-corrected chi connectivity index (χ1v) is 3.91. The van der Waals surface area contributed by atoms with Gasteiger partial charge in [-0.25, -0.2) is 0 Å². The SMILES string of the molecule is O=C1NCCNc2[c]cccc21. The van der Waals surface area contributed by atoms with Gasteiger partial charge >= 0.3 is 0 Å². The molecule has 0 bridgehead atoms. The lowest BCUT2D eigenvalue weighted by atomic mass is 10.2. The van der Waals surface area contributed by atoms with Crippen molar-refractivity contribution in [2.75, 3.05) is 18.4 Å². The highest BCUT2D eigenvalue weighted by Gasteiger charge is 2.12. The molecule has 1 aromatic carbocycles. The minimum Gasteiger partial charge on any atom is -0.382 e. The van der Waals surface area contributed by atoms with Crippen molar-refractivity contribution in [1.29, 1.82) is 0 Å². The first-order valence-electron chi connectivity index (χ1n) is 3.91. The van der Waals surface area contributed by atoms with Crippen LogP contribution in [0, 0.1) is 6.07 Å². The molecule has 1 aromatic rings. The Morgan fingerprint density at radius 3 is 3.08 bits per heavy atom. The molecule has 0 spiro atoms. The van der Waals surface area contributed by atoms with E-state index in [0.29, 0.717) is 12.1 Å². The van der Waals surface area contributed by atoms with Crippen molar-refractivity contribution in [1.82, 2.24) is 5.32 Å². The monoisotopic (exact) mass is 161 g/mol. The number of carbonyl (C=O) groups excluding carboxylic acids is 1. The van der Waals surface area contributed by atoms with Crippen LogP contribution in [0.15, 0.2) is 18.2 Å². The van der Waals surface area contributed by atoms with Gasteiger partial charge < -0.3 is 10.6 Å². The number of hydrogen-bond donors (Lipinski definition) is 2. The maximum Gasteiger partial charge on any atom is 0.253 e. The van der Waals surface area contributed by atoms with Crippen molar-refractivity contribution in [3.63, 3.8) is 0 Å². The van der Waals surface area contributed by atoms with E-state index in [0.717, 1.165) is 12.2 Å². The van der Waals surface area contributed by atoms with Gasteiger partial charge in [0.05, 0.1) is 11.3 Å². The van der Waals surface area contributed by atoms with Crippen LogP contribution in [-0.4, -0.2) is 19.0 Å². The van der Waals surface area contributed by atoms with Crippen LogP contribution >= 0.6 is 0 Å². The number of nitrogens with one attached hydrogen (secondary N) is 2. The molecule has 1 aliphatic rings. The Labute approximate surface area is 70.8 Å². The zero-order chi connectivity index (χ0) is 8.39. The average molecular weight is 161 g/mol. The number of fused-ring (bicyclic) bond motifs is 1. The van der Waals surface area contributed by atoms with E-state index in [1.165, 1.54) is 0 Å². The summed E-state index contributed by atoms with van der Waals surface area (Å²) in [6.45, 7) is 1.43. The second-order valence-corrected chi connectivity index (χ2v) is 2.64. The van der Waals surface area contributed by atoms with Gasteiger partial charge in [0.15, 0.2) is 0 Å². The summed E-state index contributed by atoms with van der Waals surface area (Å²) in [4.78, 5) is 11.3.